The van der Waals surface area contributed by atoms with Crippen molar-refractivity contribution >= 4 is 21.6 Å². The summed E-state index contributed by atoms with van der Waals surface area (Å²) >= 11 is 0. The molecule has 0 saturated carbocycles. The van der Waals surface area contributed by atoms with Crippen LogP contribution in [0.25, 0.3) is 0 Å². The van der Waals surface area contributed by atoms with Gasteiger partial charge in [0.2, 0.25) is 15.9 Å². The van der Waals surface area contributed by atoms with Crippen molar-refractivity contribution in [3.63, 3.8) is 0 Å². The van der Waals surface area contributed by atoms with Crippen LogP contribution in [-0.4, -0.2) is 30.7 Å². The summed E-state index contributed by atoms with van der Waals surface area (Å²) in [5.41, 5.74) is 2.45. The summed E-state index contributed by atoms with van der Waals surface area (Å²) in [6.45, 7) is 2.99. The topological polar surface area (TPSA) is 84.3 Å². The van der Waals surface area contributed by atoms with Crippen molar-refractivity contribution in [2.24, 2.45) is 5.92 Å². The van der Waals surface area contributed by atoms with Crippen molar-refractivity contribution in [1.82, 2.24) is 14.5 Å². The van der Waals surface area contributed by atoms with E-state index in [2.05, 4.69) is 9.82 Å². The van der Waals surface area contributed by atoms with Crippen LogP contribution >= 0.6 is 0 Å². The Balaban J connectivity index is 1.72. The van der Waals surface area contributed by atoms with E-state index in [0.29, 0.717) is 24.1 Å². The van der Waals surface area contributed by atoms with Gasteiger partial charge in [0, 0.05) is 25.2 Å². The summed E-state index contributed by atoms with van der Waals surface area (Å²) in [5.74, 6) is 0.358. The molecule has 0 aliphatic carbocycles. The van der Waals surface area contributed by atoms with E-state index in [9.17, 15) is 22.0 Å². The zero-order chi connectivity index (χ0) is 21.3. The van der Waals surface area contributed by atoms with Gasteiger partial charge in [0.05, 0.1) is 11.9 Å². The Morgan fingerprint density at radius 1 is 1.31 bits per heavy atom. The fraction of sp³-hybridized carbons (Fsp3) is 0.474. The van der Waals surface area contributed by atoms with Crippen LogP contribution < -0.4 is 9.62 Å². The number of sulfonamides is 1. The molecule has 29 heavy (non-hydrogen) atoms. The Morgan fingerprint density at radius 3 is 2.66 bits per heavy atom. The lowest BCUT2D eigenvalue weighted by molar-refractivity contribution is -0.119. The maximum absolute atomic E-state index is 12.8. The molecule has 0 radical (unpaired) electrons. The largest absolute Gasteiger partial charge is 0.333 e. The van der Waals surface area contributed by atoms with E-state index in [4.69, 9.17) is 0 Å². The van der Waals surface area contributed by atoms with E-state index in [1.54, 1.807) is 11.0 Å². The number of rotatable bonds is 7. The van der Waals surface area contributed by atoms with Crippen molar-refractivity contribution in [2.75, 3.05) is 11.4 Å². The van der Waals surface area contributed by atoms with Gasteiger partial charge in [-0.1, -0.05) is 26.0 Å². The SMILES string of the molecule is Cc1c(S(=O)(=O)NCc2ccc3c(c2)CCN3C(=O)CC(C)C)cnn1C(F)F. The number of fused-ring (bicyclic) bond motifs is 1. The van der Waals surface area contributed by atoms with E-state index in [1.807, 2.05) is 26.0 Å². The molecule has 2 heterocycles. The summed E-state index contributed by atoms with van der Waals surface area (Å²) in [6.07, 6.45) is 2.11. The Hall–Kier alpha value is -2.33. The monoisotopic (exact) mass is 426 g/mol. The molecule has 1 amide bonds. The third-order valence-electron chi connectivity index (χ3n) is 4.86. The number of benzene rings is 1. The first-order chi connectivity index (χ1) is 13.6. The van der Waals surface area contributed by atoms with Gasteiger partial charge in [-0.2, -0.15) is 13.9 Å². The molecular formula is C19H24F2N4O3S. The third-order valence-corrected chi connectivity index (χ3v) is 6.37. The van der Waals surface area contributed by atoms with Crippen molar-refractivity contribution in [3.05, 3.63) is 41.2 Å². The van der Waals surface area contributed by atoms with E-state index >= 15 is 0 Å². The van der Waals surface area contributed by atoms with Crippen LogP contribution in [0.3, 0.4) is 0 Å². The minimum atomic E-state index is -3.98. The molecular weight excluding hydrogens is 402 g/mol. The number of carbonyl (C=O) groups excluding carboxylic acids is 1. The highest BCUT2D eigenvalue weighted by molar-refractivity contribution is 7.89. The maximum atomic E-state index is 12.8. The van der Waals surface area contributed by atoms with Gasteiger partial charge in [-0.15, -0.1) is 0 Å². The number of halogens is 2. The van der Waals surface area contributed by atoms with Gasteiger partial charge in [-0.25, -0.2) is 17.8 Å². The summed E-state index contributed by atoms with van der Waals surface area (Å²) < 4.78 is 53.4. The molecule has 158 valence electrons. The number of alkyl halides is 2. The van der Waals surface area contributed by atoms with Crippen LogP contribution in [0.4, 0.5) is 14.5 Å². The maximum Gasteiger partial charge on any atom is 0.333 e. The predicted molar refractivity (Wildman–Crippen MR) is 104 cm³/mol. The number of hydrogen-bond acceptors (Lipinski definition) is 4. The van der Waals surface area contributed by atoms with Gasteiger partial charge in [0.1, 0.15) is 4.90 Å². The van der Waals surface area contributed by atoms with Crippen LogP contribution in [0.1, 0.15) is 43.6 Å². The van der Waals surface area contributed by atoms with Crippen LogP contribution in [0, 0.1) is 12.8 Å². The standard InChI is InChI=1S/C19H24F2N4O3S/c1-12(2)8-18(26)24-7-6-15-9-14(4-5-16(15)24)10-23-29(27,28)17-11-22-25(13(17)3)19(20)21/h4-5,9,11-12,19,23H,6-8,10H2,1-3H3. The lowest BCUT2D eigenvalue weighted by Gasteiger charge is -2.18. The predicted octanol–water partition coefficient (Wildman–Crippen LogP) is 3.00. The van der Waals surface area contributed by atoms with Crippen LogP contribution in [0.5, 0.6) is 0 Å². The van der Waals surface area contributed by atoms with Gasteiger partial charge < -0.3 is 4.90 Å². The van der Waals surface area contributed by atoms with E-state index in [1.165, 1.54) is 6.92 Å². The van der Waals surface area contributed by atoms with Crippen LogP contribution in [0.2, 0.25) is 0 Å². The number of nitrogens with one attached hydrogen (secondary N) is 1. The molecule has 1 aromatic carbocycles. The van der Waals surface area contributed by atoms with E-state index in [-0.39, 0.29) is 29.0 Å². The Labute approximate surface area is 168 Å². The van der Waals surface area contributed by atoms with Crippen molar-refractivity contribution in [1.29, 1.82) is 0 Å². The first kappa shape index (κ1) is 21.4. The van der Waals surface area contributed by atoms with Gasteiger partial charge in [0.25, 0.3) is 0 Å². The van der Waals surface area contributed by atoms with Crippen molar-refractivity contribution < 1.29 is 22.0 Å². The van der Waals surface area contributed by atoms with E-state index < -0.39 is 16.6 Å². The molecule has 7 nitrogen and oxygen atoms in total. The average molecular weight is 426 g/mol. The number of aromatic nitrogens is 2. The molecule has 0 atom stereocenters. The molecule has 1 N–H and O–H groups in total. The second-order valence-corrected chi connectivity index (χ2v) is 9.23. The summed E-state index contributed by atoms with van der Waals surface area (Å²) in [5, 5.41) is 3.44. The van der Waals surface area contributed by atoms with Gasteiger partial charge in [-0.05, 0) is 36.5 Å². The normalized spacial score (nSPS) is 14.1. The molecule has 2 aromatic rings. The van der Waals surface area contributed by atoms with E-state index in [0.717, 1.165) is 23.0 Å². The number of nitrogens with zero attached hydrogens (tertiary/aromatic N) is 3. The lowest BCUT2D eigenvalue weighted by atomic mass is 10.1. The number of anilines is 1. The Morgan fingerprint density at radius 2 is 2.03 bits per heavy atom. The van der Waals surface area contributed by atoms with Crippen molar-refractivity contribution in [3.8, 4) is 0 Å². The average Bonchev–Trinajstić information content (AvgIpc) is 3.23. The van der Waals surface area contributed by atoms with Crippen LogP contribution in [0.15, 0.2) is 29.3 Å². The fourth-order valence-corrected chi connectivity index (χ4v) is 4.59. The van der Waals surface area contributed by atoms with Crippen LogP contribution in [-0.2, 0) is 27.8 Å². The number of amides is 1. The summed E-state index contributed by atoms with van der Waals surface area (Å²) in [7, 11) is -3.98. The molecule has 3 rings (SSSR count). The third kappa shape index (κ3) is 4.48. The molecule has 1 aliphatic rings. The molecule has 0 bridgehead atoms. The Bertz CT molecular complexity index is 1020. The second-order valence-electron chi connectivity index (χ2n) is 7.50. The highest BCUT2D eigenvalue weighted by Crippen LogP contribution is 2.30. The zero-order valence-electron chi connectivity index (χ0n) is 16.5. The highest BCUT2D eigenvalue weighted by atomic mass is 32.2. The molecule has 10 heteroatoms. The molecule has 0 spiro atoms. The first-order valence-corrected chi connectivity index (χ1v) is 10.8. The molecule has 1 aromatic heterocycles. The van der Waals surface area contributed by atoms with Gasteiger partial charge in [0.15, 0.2) is 0 Å². The Kier molecular flexibility index (Phi) is 6.04. The summed E-state index contributed by atoms with van der Waals surface area (Å²) in [4.78, 5) is 13.9. The quantitative estimate of drug-likeness (QED) is 0.738. The minimum Gasteiger partial charge on any atom is -0.312 e. The minimum absolute atomic E-state index is 0.00878. The fourth-order valence-electron chi connectivity index (χ4n) is 3.41. The lowest BCUT2D eigenvalue weighted by Crippen LogP contribution is -2.29. The first-order valence-electron chi connectivity index (χ1n) is 9.34. The van der Waals surface area contributed by atoms with Crippen molar-refractivity contribution in [2.45, 2.75) is 51.6 Å². The summed E-state index contributed by atoms with van der Waals surface area (Å²) in [6, 6.07) is 5.46. The smallest absolute Gasteiger partial charge is 0.312 e. The number of hydrogen-bond donors (Lipinski definition) is 1. The second kappa shape index (κ2) is 8.19. The molecule has 1 aliphatic heterocycles. The number of carbonyl (C=O) groups is 1. The molecule has 0 fully saturated rings. The molecule has 0 unspecified atom stereocenters. The zero-order valence-corrected chi connectivity index (χ0v) is 17.3. The van der Waals surface area contributed by atoms with Gasteiger partial charge in [-0.3, -0.25) is 4.79 Å². The van der Waals surface area contributed by atoms with Gasteiger partial charge >= 0.3 is 6.55 Å². The highest BCUT2D eigenvalue weighted by Gasteiger charge is 2.26. The molecule has 0 saturated heterocycles.